The van der Waals surface area contributed by atoms with Crippen LogP contribution >= 0.6 is 0 Å². The number of nitrogens with one attached hydrogen (secondary N) is 1. The molecule has 0 aliphatic heterocycles. The second-order valence-corrected chi connectivity index (χ2v) is 9.17. The van der Waals surface area contributed by atoms with Crippen molar-refractivity contribution >= 4 is 0 Å². The van der Waals surface area contributed by atoms with Crippen LogP contribution in [0.1, 0.15) is 57.5 Å². The average Bonchev–Trinajstić information content (AvgIpc) is 3.69. The van der Waals surface area contributed by atoms with Crippen LogP contribution in [0.25, 0.3) is 28.5 Å². The lowest BCUT2D eigenvalue weighted by Crippen LogP contribution is -2.27. The van der Waals surface area contributed by atoms with E-state index in [2.05, 4.69) is 50.9 Å². The van der Waals surface area contributed by atoms with Crippen LogP contribution in [0.3, 0.4) is 0 Å². The molecule has 0 aliphatic rings. The minimum Gasteiger partial charge on any atom is -0.314 e. The third-order valence-corrected chi connectivity index (χ3v) is 6.75. The van der Waals surface area contributed by atoms with Crippen molar-refractivity contribution in [2.75, 3.05) is 0 Å². The zero-order chi connectivity index (χ0) is 25.8. The van der Waals surface area contributed by atoms with Crippen LogP contribution < -0.4 is 5.69 Å². The summed E-state index contributed by atoms with van der Waals surface area (Å²) in [6.07, 6.45) is 11.3. The molecule has 0 spiro atoms. The lowest BCUT2D eigenvalue weighted by atomic mass is 10.0. The lowest BCUT2D eigenvalue weighted by molar-refractivity contribution is 0.517. The van der Waals surface area contributed by atoms with Crippen LogP contribution in [0.4, 0.5) is 0 Å². The van der Waals surface area contributed by atoms with Crippen molar-refractivity contribution in [2.24, 2.45) is 0 Å². The second kappa shape index (κ2) is 10.7. The maximum absolute atomic E-state index is 13.6. The highest BCUT2D eigenvalue weighted by atomic mass is 16.1. The van der Waals surface area contributed by atoms with E-state index < -0.39 is 0 Å². The molecule has 5 aromatic rings. The van der Waals surface area contributed by atoms with E-state index in [0.29, 0.717) is 18.3 Å². The van der Waals surface area contributed by atoms with Gasteiger partial charge in [0.15, 0.2) is 0 Å². The Kier molecular flexibility index (Phi) is 7.07. The Balaban J connectivity index is 1.47. The van der Waals surface area contributed by atoms with Crippen molar-refractivity contribution in [1.29, 1.82) is 0 Å². The Hall–Kier alpha value is -4.34. The minimum atomic E-state index is -0.102. The van der Waals surface area contributed by atoms with Gasteiger partial charge in [0, 0.05) is 47.7 Å². The predicted molar refractivity (Wildman–Crippen MR) is 141 cm³/mol. The molecule has 0 amide bonds. The third-order valence-electron chi connectivity index (χ3n) is 6.75. The van der Waals surface area contributed by atoms with Gasteiger partial charge < -0.3 is 4.57 Å². The summed E-state index contributed by atoms with van der Waals surface area (Å²) in [6.45, 7) is 6.81. The highest BCUT2D eigenvalue weighted by molar-refractivity contribution is 5.79. The van der Waals surface area contributed by atoms with E-state index in [9.17, 15) is 4.79 Å². The number of hydrogen-bond acceptors (Lipinski definition) is 6. The Bertz CT molecular complexity index is 1510. The molecule has 0 aliphatic carbocycles. The molecule has 1 atom stereocenters. The predicted octanol–water partition coefficient (Wildman–Crippen LogP) is 4.44. The summed E-state index contributed by atoms with van der Waals surface area (Å²) in [6, 6.07) is 12.1. The van der Waals surface area contributed by atoms with Gasteiger partial charge in [0.2, 0.25) is 11.8 Å². The van der Waals surface area contributed by atoms with E-state index in [1.165, 1.54) is 0 Å². The van der Waals surface area contributed by atoms with E-state index in [1.54, 1.807) is 10.8 Å². The number of aromatic amines is 1. The molecular formula is C27H31N9O. The molecule has 10 nitrogen and oxygen atoms in total. The van der Waals surface area contributed by atoms with Crippen LogP contribution in [0.2, 0.25) is 0 Å². The molecule has 37 heavy (non-hydrogen) atoms. The largest absolute Gasteiger partial charge is 0.335 e. The number of unbranched alkanes of at least 4 members (excludes halogenated alkanes) is 1. The number of hydrogen-bond donors (Lipinski definition) is 1. The molecule has 0 saturated carbocycles. The molecule has 0 bridgehead atoms. The van der Waals surface area contributed by atoms with Crippen molar-refractivity contribution in [2.45, 2.75) is 59.0 Å². The number of rotatable bonds is 10. The maximum atomic E-state index is 13.6. The van der Waals surface area contributed by atoms with Crippen molar-refractivity contribution < 1.29 is 0 Å². The molecule has 1 aromatic carbocycles. The van der Waals surface area contributed by atoms with Gasteiger partial charge in [-0.1, -0.05) is 50.6 Å². The first-order valence-corrected chi connectivity index (χ1v) is 12.7. The fraction of sp³-hybridized carbons (Fsp3) is 0.333. The number of benzene rings is 1. The average molecular weight is 498 g/mol. The quantitative estimate of drug-likeness (QED) is 0.305. The summed E-state index contributed by atoms with van der Waals surface area (Å²) in [5.74, 6) is 1.18. The molecule has 10 heteroatoms. The zero-order valence-corrected chi connectivity index (χ0v) is 21.4. The molecule has 0 radical (unpaired) electrons. The van der Waals surface area contributed by atoms with E-state index in [0.717, 1.165) is 53.8 Å². The highest BCUT2D eigenvalue weighted by Crippen LogP contribution is 2.29. The number of aromatic nitrogens is 9. The summed E-state index contributed by atoms with van der Waals surface area (Å²) in [4.78, 5) is 22.8. The molecule has 5 rings (SSSR count). The van der Waals surface area contributed by atoms with Gasteiger partial charge in [-0.2, -0.15) is 5.21 Å². The Morgan fingerprint density at radius 1 is 1.05 bits per heavy atom. The second-order valence-electron chi connectivity index (χ2n) is 9.17. The first-order chi connectivity index (χ1) is 18.1. The molecule has 0 saturated heterocycles. The SMILES string of the molecule is CCCCc1cn(-c2nccn2C(C)CC)c(=O)n1Cc1ccc(-c2ccccc2-c2nn[nH]n2)cn1. The van der Waals surface area contributed by atoms with Crippen molar-refractivity contribution in [3.8, 4) is 28.5 Å². The smallest absolute Gasteiger partial charge is 0.314 e. The normalized spacial score (nSPS) is 12.2. The number of aryl methyl sites for hydroxylation is 1. The summed E-state index contributed by atoms with van der Waals surface area (Å²) in [7, 11) is 0. The van der Waals surface area contributed by atoms with Crippen LogP contribution in [0.15, 0.2) is 66.0 Å². The first-order valence-electron chi connectivity index (χ1n) is 12.7. The standard InChI is InChI=1S/C27H31N9O/c1-4-6-9-22-18-36(26-28-14-15-34(26)19(3)5-2)27(37)35(22)17-21-13-12-20(16-29-21)23-10-7-8-11-24(23)25-30-32-33-31-25/h7-8,10-16,18-19H,4-6,9,17H2,1-3H3,(H,30,31,32,33). The Morgan fingerprint density at radius 2 is 1.89 bits per heavy atom. The fourth-order valence-corrected chi connectivity index (χ4v) is 4.47. The van der Waals surface area contributed by atoms with Gasteiger partial charge >= 0.3 is 5.69 Å². The number of tetrazole rings is 1. The monoisotopic (exact) mass is 497 g/mol. The van der Waals surface area contributed by atoms with Gasteiger partial charge in [-0.25, -0.2) is 14.3 Å². The lowest BCUT2D eigenvalue weighted by Gasteiger charge is -2.13. The van der Waals surface area contributed by atoms with E-state index in [4.69, 9.17) is 4.98 Å². The van der Waals surface area contributed by atoms with Gasteiger partial charge in [0.05, 0.1) is 12.2 Å². The van der Waals surface area contributed by atoms with Gasteiger partial charge in [-0.15, -0.1) is 10.2 Å². The van der Waals surface area contributed by atoms with Crippen LogP contribution in [0, 0.1) is 0 Å². The van der Waals surface area contributed by atoms with Crippen LogP contribution in [-0.4, -0.2) is 44.3 Å². The molecule has 4 heterocycles. The van der Waals surface area contributed by atoms with Gasteiger partial charge in [-0.05, 0) is 43.0 Å². The maximum Gasteiger partial charge on any atom is 0.335 e. The van der Waals surface area contributed by atoms with Gasteiger partial charge in [0.1, 0.15) is 0 Å². The summed E-state index contributed by atoms with van der Waals surface area (Å²) in [5.41, 5.74) is 4.47. The molecule has 4 aromatic heterocycles. The highest BCUT2D eigenvalue weighted by Gasteiger charge is 2.18. The third kappa shape index (κ3) is 4.87. The summed E-state index contributed by atoms with van der Waals surface area (Å²) in [5, 5.41) is 14.4. The Morgan fingerprint density at radius 3 is 2.59 bits per heavy atom. The Labute approximate surface area is 215 Å². The molecular weight excluding hydrogens is 466 g/mol. The van der Waals surface area contributed by atoms with E-state index in [-0.39, 0.29) is 11.7 Å². The van der Waals surface area contributed by atoms with E-state index >= 15 is 0 Å². The molecule has 0 fully saturated rings. The number of pyridine rings is 1. The summed E-state index contributed by atoms with van der Waals surface area (Å²) >= 11 is 0. The minimum absolute atomic E-state index is 0.102. The summed E-state index contributed by atoms with van der Waals surface area (Å²) < 4.78 is 5.55. The number of imidazole rings is 2. The topological polar surface area (TPSA) is 112 Å². The first kappa shape index (κ1) is 24.4. The number of nitrogens with zero attached hydrogens (tertiary/aromatic N) is 8. The van der Waals surface area contributed by atoms with Crippen LogP contribution in [-0.2, 0) is 13.0 Å². The number of H-pyrrole nitrogens is 1. The van der Waals surface area contributed by atoms with Crippen molar-refractivity contribution in [1.82, 2.24) is 44.3 Å². The van der Waals surface area contributed by atoms with E-state index in [1.807, 2.05) is 59.6 Å². The molecule has 190 valence electrons. The van der Waals surface area contributed by atoms with Crippen LogP contribution in [0.5, 0.6) is 0 Å². The van der Waals surface area contributed by atoms with Crippen molar-refractivity contribution in [3.63, 3.8) is 0 Å². The molecule has 1 N–H and O–H groups in total. The van der Waals surface area contributed by atoms with Gasteiger partial charge in [0.25, 0.3) is 0 Å². The zero-order valence-electron chi connectivity index (χ0n) is 21.4. The fourth-order valence-electron chi connectivity index (χ4n) is 4.47. The van der Waals surface area contributed by atoms with Gasteiger partial charge in [-0.3, -0.25) is 9.55 Å². The molecule has 1 unspecified atom stereocenters. The van der Waals surface area contributed by atoms with Crippen molar-refractivity contribution in [3.05, 3.63) is 83.1 Å².